The molecule has 2 rings (SSSR count). The minimum absolute atomic E-state index is 0.0144. The minimum Gasteiger partial charge on any atom is -0.368 e. The fraction of sp³-hybridized carbons (Fsp3) is 0.875. The molecule has 2 heterocycles. The van der Waals surface area contributed by atoms with Crippen LogP contribution in [0.3, 0.4) is 0 Å². The van der Waals surface area contributed by atoms with Crippen LogP contribution in [0.2, 0.25) is 0 Å². The first kappa shape index (κ1) is 16.3. The Morgan fingerprint density at radius 3 is 2.38 bits per heavy atom. The second-order valence-corrected chi connectivity index (χ2v) is 7.41. The summed E-state index contributed by atoms with van der Waals surface area (Å²) >= 11 is 0. The van der Waals surface area contributed by atoms with Crippen LogP contribution >= 0.6 is 0 Å². The molecule has 0 radical (unpaired) electrons. The second-order valence-electron chi connectivity index (χ2n) is 7.41. The third-order valence-corrected chi connectivity index (χ3v) is 4.07. The summed E-state index contributed by atoms with van der Waals surface area (Å²) < 4.78 is 5.45. The van der Waals surface area contributed by atoms with Crippen molar-refractivity contribution >= 4 is 11.8 Å². The first-order valence-corrected chi connectivity index (χ1v) is 8.05. The van der Waals surface area contributed by atoms with E-state index in [0.717, 1.165) is 38.8 Å². The van der Waals surface area contributed by atoms with Crippen molar-refractivity contribution in [3.63, 3.8) is 0 Å². The molecule has 0 saturated carbocycles. The number of likely N-dealkylation sites (tertiary alicyclic amines) is 1. The Hall–Kier alpha value is -1.10. The van der Waals surface area contributed by atoms with Crippen LogP contribution in [0.5, 0.6) is 0 Å². The van der Waals surface area contributed by atoms with Crippen LogP contribution in [0.1, 0.15) is 52.9 Å². The molecule has 2 aliphatic heterocycles. The van der Waals surface area contributed by atoms with E-state index >= 15 is 0 Å². The zero-order valence-electron chi connectivity index (χ0n) is 13.5. The molecule has 1 atom stereocenters. The maximum absolute atomic E-state index is 12.2. The Balaban J connectivity index is 1.73. The van der Waals surface area contributed by atoms with Crippen molar-refractivity contribution in [2.24, 2.45) is 5.41 Å². The summed E-state index contributed by atoms with van der Waals surface area (Å²) in [4.78, 5) is 26.1. The van der Waals surface area contributed by atoms with Crippen molar-refractivity contribution in [3.8, 4) is 0 Å². The van der Waals surface area contributed by atoms with Crippen LogP contribution < -0.4 is 5.32 Å². The van der Waals surface area contributed by atoms with Gasteiger partial charge in [0.25, 0.3) is 5.91 Å². The van der Waals surface area contributed by atoms with E-state index < -0.39 is 0 Å². The quantitative estimate of drug-likeness (QED) is 0.862. The summed E-state index contributed by atoms with van der Waals surface area (Å²) in [6, 6.07) is 0.202. The standard InChI is InChI=1S/C16H28N2O3/c1-16(2,3)11-14(19)17-12-6-8-18(9-7-12)15(20)13-5-4-10-21-13/h12-13H,4-11H2,1-3H3,(H,17,19). The molecule has 0 aliphatic carbocycles. The molecule has 2 saturated heterocycles. The highest BCUT2D eigenvalue weighted by atomic mass is 16.5. The lowest BCUT2D eigenvalue weighted by Crippen LogP contribution is -2.49. The lowest BCUT2D eigenvalue weighted by molar-refractivity contribution is -0.142. The van der Waals surface area contributed by atoms with Gasteiger partial charge in [0.05, 0.1) is 0 Å². The second kappa shape index (κ2) is 6.77. The van der Waals surface area contributed by atoms with E-state index in [1.54, 1.807) is 0 Å². The summed E-state index contributed by atoms with van der Waals surface area (Å²) in [6.07, 6.45) is 3.83. The number of nitrogens with one attached hydrogen (secondary N) is 1. The highest BCUT2D eigenvalue weighted by Crippen LogP contribution is 2.20. The van der Waals surface area contributed by atoms with Crippen LogP contribution in [0.4, 0.5) is 0 Å². The van der Waals surface area contributed by atoms with Gasteiger partial charge in [-0.05, 0) is 31.1 Å². The average molecular weight is 296 g/mol. The summed E-state index contributed by atoms with van der Waals surface area (Å²) in [5.41, 5.74) is 0.0144. The largest absolute Gasteiger partial charge is 0.368 e. The summed E-state index contributed by atoms with van der Waals surface area (Å²) in [7, 11) is 0. The number of hydrogen-bond donors (Lipinski definition) is 1. The van der Waals surface area contributed by atoms with Gasteiger partial charge in [-0.15, -0.1) is 0 Å². The van der Waals surface area contributed by atoms with Gasteiger partial charge in [-0.3, -0.25) is 9.59 Å². The minimum atomic E-state index is -0.225. The Labute approximate surface area is 127 Å². The van der Waals surface area contributed by atoms with Crippen LogP contribution in [0.15, 0.2) is 0 Å². The third kappa shape index (κ3) is 4.99. The topological polar surface area (TPSA) is 58.6 Å². The SMILES string of the molecule is CC(C)(C)CC(=O)NC1CCN(C(=O)C2CCCO2)CC1. The van der Waals surface area contributed by atoms with Gasteiger partial charge in [0.15, 0.2) is 0 Å². The van der Waals surface area contributed by atoms with E-state index in [-0.39, 0.29) is 29.4 Å². The predicted octanol–water partition coefficient (Wildman–Crippen LogP) is 1.71. The molecule has 5 nitrogen and oxygen atoms in total. The van der Waals surface area contributed by atoms with Gasteiger partial charge < -0.3 is 15.0 Å². The van der Waals surface area contributed by atoms with Gasteiger partial charge in [-0.25, -0.2) is 0 Å². The molecule has 0 aromatic carbocycles. The number of carbonyl (C=O) groups excluding carboxylic acids is 2. The van der Waals surface area contributed by atoms with E-state index in [1.165, 1.54) is 0 Å². The van der Waals surface area contributed by atoms with Gasteiger partial charge in [-0.2, -0.15) is 0 Å². The first-order valence-electron chi connectivity index (χ1n) is 8.05. The molecule has 120 valence electrons. The Kier molecular flexibility index (Phi) is 5.25. The molecule has 5 heteroatoms. The smallest absolute Gasteiger partial charge is 0.251 e. The number of hydrogen-bond acceptors (Lipinski definition) is 3. The molecule has 0 spiro atoms. The van der Waals surface area contributed by atoms with Crippen molar-refractivity contribution in [1.82, 2.24) is 10.2 Å². The first-order chi connectivity index (χ1) is 9.85. The summed E-state index contributed by atoms with van der Waals surface area (Å²) in [6.45, 7) is 8.34. The number of ether oxygens (including phenoxy) is 1. The molecule has 1 N–H and O–H groups in total. The number of carbonyl (C=O) groups is 2. The summed E-state index contributed by atoms with van der Waals surface area (Å²) in [5, 5.41) is 3.10. The molecule has 0 aromatic rings. The van der Waals surface area contributed by atoms with E-state index in [9.17, 15) is 9.59 Å². The maximum Gasteiger partial charge on any atom is 0.251 e. The third-order valence-electron chi connectivity index (χ3n) is 4.07. The van der Waals surface area contributed by atoms with Crippen LogP contribution in [0.25, 0.3) is 0 Å². The van der Waals surface area contributed by atoms with Crippen LogP contribution in [-0.4, -0.2) is 48.6 Å². The van der Waals surface area contributed by atoms with Gasteiger partial charge in [0.2, 0.25) is 5.91 Å². The van der Waals surface area contributed by atoms with Crippen molar-refractivity contribution in [1.29, 1.82) is 0 Å². The number of piperidine rings is 1. The fourth-order valence-electron chi connectivity index (χ4n) is 2.98. The van der Waals surface area contributed by atoms with Gasteiger partial charge in [0.1, 0.15) is 6.10 Å². The number of rotatable bonds is 3. The normalized spacial score (nSPS) is 24.1. The molecule has 0 bridgehead atoms. The molecule has 2 amide bonds. The average Bonchev–Trinajstić information content (AvgIpc) is 2.90. The molecule has 0 aromatic heterocycles. The lowest BCUT2D eigenvalue weighted by atomic mass is 9.91. The zero-order valence-corrected chi connectivity index (χ0v) is 13.5. The lowest BCUT2D eigenvalue weighted by Gasteiger charge is -2.34. The van der Waals surface area contributed by atoms with E-state index in [2.05, 4.69) is 26.1 Å². The van der Waals surface area contributed by atoms with Gasteiger partial charge >= 0.3 is 0 Å². The molecule has 21 heavy (non-hydrogen) atoms. The van der Waals surface area contributed by atoms with Crippen molar-refractivity contribution in [3.05, 3.63) is 0 Å². The Morgan fingerprint density at radius 2 is 1.86 bits per heavy atom. The molecular weight excluding hydrogens is 268 g/mol. The number of amides is 2. The molecular formula is C16H28N2O3. The maximum atomic E-state index is 12.2. The Morgan fingerprint density at radius 1 is 1.19 bits per heavy atom. The zero-order chi connectivity index (χ0) is 15.5. The van der Waals surface area contributed by atoms with Crippen LogP contribution in [-0.2, 0) is 14.3 Å². The van der Waals surface area contributed by atoms with Gasteiger partial charge in [0, 0.05) is 32.2 Å². The molecule has 1 unspecified atom stereocenters. The monoisotopic (exact) mass is 296 g/mol. The Bertz CT molecular complexity index is 375. The van der Waals surface area contributed by atoms with Crippen molar-refractivity contribution in [2.75, 3.05) is 19.7 Å². The van der Waals surface area contributed by atoms with E-state index in [0.29, 0.717) is 13.0 Å². The molecule has 2 aliphatic rings. The van der Waals surface area contributed by atoms with Crippen molar-refractivity contribution < 1.29 is 14.3 Å². The highest BCUT2D eigenvalue weighted by Gasteiger charge is 2.31. The molecule has 2 fully saturated rings. The van der Waals surface area contributed by atoms with E-state index in [4.69, 9.17) is 4.74 Å². The fourth-order valence-corrected chi connectivity index (χ4v) is 2.98. The predicted molar refractivity (Wildman–Crippen MR) is 80.8 cm³/mol. The summed E-state index contributed by atoms with van der Waals surface area (Å²) in [5.74, 6) is 0.248. The van der Waals surface area contributed by atoms with E-state index in [1.807, 2.05) is 4.90 Å². The highest BCUT2D eigenvalue weighted by molar-refractivity contribution is 5.81. The van der Waals surface area contributed by atoms with Crippen molar-refractivity contribution in [2.45, 2.75) is 65.0 Å². The van der Waals surface area contributed by atoms with Gasteiger partial charge in [-0.1, -0.05) is 20.8 Å². The number of nitrogens with zero attached hydrogens (tertiary/aromatic N) is 1. The van der Waals surface area contributed by atoms with Crippen LogP contribution in [0, 0.1) is 5.41 Å².